The van der Waals surface area contributed by atoms with Crippen LogP contribution in [0.1, 0.15) is 19.7 Å². The van der Waals surface area contributed by atoms with Gasteiger partial charge in [-0.15, -0.1) is 0 Å². The highest BCUT2D eigenvalue weighted by Gasteiger charge is 2.37. The van der Waals surface area contributed by atoms with Crippen molar-refractivity contribution >= 4 is 42.3 Å². The molecule has 34 heavy (non-hydrogen) atoms. The van der Waals surface area contributed by atoms with Crippen molar-refractivity contribution in [1.82, 2.24) is 20.2 Å². The largest absolute Gasteiger partial charge is 0.434 e. The molecule has 182 valence electrons. The Labute approximate surface area is 200 Å². The number of aromatic nitrogens is 2. The molecular weight excluding hydrogens is 471 g/mol. The molecule has 0 bridgehead atoms. The molecular formula is C21H25ClF3N9. The number of allylic oxidation sites excluding steroid dienone is 1. The second kappa shape index (κ2) is 10.3. The molecule has 0 spiro atoms. The Morgan fingerprint density at radius 3 is 2.74 bits per heavy atom. The van der Waals surface area contributed by atoms with Gasteiger partial charge in [-0.1, -0.05) is 11.6 Å². The Kier molecular flexibility index (Phi) is 7.72. The zero-order valence-electron chi connectivity index (χ0n) is 18.6. The highest BCUT2D eigenvalue weighted by Crippen LogP contribution is 2.32. The molecule has 1 fully saturated rings. The lowest BCUT2D eigenvalue weighted by Gasteiger charge is -2.44. The molecule has 3 rings (SSSR count). The van der Waals surface area contributed by atoms with Crippen LogP contribution in [0.15, 0.2) is 45.9 Å². The molecule has 2 aliphatic heterocycles. The van der Waals surface area contributed by atoms with Crippen LogP contribution in [0.25, 0.3) is 5.70 Å². The summed E-state index contributed by atoms with van der Waals surface area (Å²) in [5.41, 5.74) is 5.44. The van der Waals surface area contributed by atoms with E-state index in [4.69, 9.17) is 22.7 Å². The third kappa shape index (κ3) is 5.45. The Morgan fingerprint density at radius 2 is 2.12 bits per heavy atom. The van der Waals surface area contributed by atoms with Gasteiger partial charge in [-0.25, -0.2) is 9.97 Å². The van der Waals surface area contributed by atoms with Crippen molar-refractivity contribution in [2.24, 2.45) is 15.7 Å². The number of nitrogens with one attached hydrogen (secondary N) is 2. The van der Waals surface area contributed by atoms with Crippen molar-refractivity contribution in [2.45, 2.75) is 38.1 Å². The first kappa shape index (κ1) is 25.4. The summed E-state index contributed by atoms with van der Waals surface area (Å²) in [6, 6.07) is 1.19. The summed E-state index contributed by atoms with van der Waals surface area (Å²) in [7, 11) is 0. The fourth-order valence-corrected chi connectivity index (χ4v) is 4.03. The number of hydrogen-bond donors (Lipinski definition) is 3. The molecule has 0 aliphatic carbocycles. The second-order valence-corrected chi connectivity index (χ2v) is 8.18. The molecule has 3 atom stereocenters. The highest BCUT2D eigenvalue weighted by molar-refractivity contribution is 6.29. The quantitative estimate of drug-likeness (QED) is 0.412. The third-order valence-corrected chi connectivity index (χ3v) is 5.63. The van der Waals surface area contributed by atoms with Crippen LogP contribution in [-0.4, -0.2) is 71.4 Å². The highest BCUT2D eigenvalue weighted by atomic mass is 35.5. The van der Waals surface area contributed by atoms with Crippen LogP contribution in [-0.2, 0) is 0 Å². The molecule has 9 nitrogen and oxygen atoms in total. The molecule has 2 aliphatic rings. The van der Waals surface area contributed by atoms with Crippen LogP contribution in [0.4, 0.5) is 19.0 Å². The summed E-state index contributed by atoms with van der Waals surface area (Å²) in [6.45, 7) is 7.97. The fraction of sp³-hybridized carbons (Fsp3) is 0.381. The van der Waals surface area contributed by atoms with E-state index >= 15 is 0 Å². The number of anilines is 1. The first-order valence-electron chi connectivity index (χ1n) is 10.3. The summed E-state index contributed by atoms with van der Waals surface area (Å²) in [5, 5.41) is 11.2. The Morgan fingerprint density at radius 1 is 1.38 bits per heavy atom. The minimum Gasteiger partial charge on any atom is -0.404 e. The Hall–Kier alpha value is -3.25. The van der Waals surface area contributed by atoms with Crippen LogP contribution < -0.4 is 16.0 Å². The van der Waals surface area contributed by atoms with Gasteiger partial charge in [0.15, 0.2) is 11.5 Å². The standard InChI is InChI=1S/C21H25ClF3N9/c1-12-10-34(13(2)19(30-12)14(7-26)8-27)18-6-17(22)31-20(32-18)15(9-28-3)33-5-4-29-16(11-33)21(23,24)25/h4,6-9,11-13,19,26,30H,3,5,10,27H2,1-2H3/b14-8+,15-9-,26-7?. The summed E-state index contributed by atoms with van der Waals surface area (Å²) in [5.74, 6) is 0.558. The van der Waals surface area contributed by atoms with Crippen molar-refractivity contribution in [1.29, 1.82) is 5.41 Å². The van der Waals surface area contributed by atoms with Gasteiger partial charge >= 0.3 is 6.18 Å². The van der Waals surface area contributed by atoms with Crippen LogP contribution in [0.5, 0.6) is 0 Å². The maximum atomic E-state index is 13.2. The SMILES string of the molecule is C=N/C=C(/c1nc(Cl)cc(N2CC(C)NC(/C(C=N)=C/N)C2C)n1)N1C=C(C(F)(F)F)N=CC1. The zero-order chi connectivity index (χ0) is 25.0. The van der Waals surface area contributed by atoms with Gasteiger partial charge in [0.2, 0.25) is 0 Å². The summed E-state index contributed by atoms with van der Waals surface area (Å²) < 4.78 is 39.7. The number of piperazine rings is 1. The topological polar surface area (TPSA) is 119 Å². The van der Waals surface area contributed by atoms with Crippen molar-refractivity contribution in [3.05, 3.63) is 46.9 Å². The molecule has 1 aromatic heterocycles. The number of hydrogen-bond acceptors (Lipinski definition) is 9. The minimum absolute atomic E-state index is 0.0220. The van der Waals surface area contributed by atoms with Gasteiger partial charge < -0.3 is 26.3 Å². The van der Waals surface area contributed by atoms with Gasteiger partial charge in [-0.2, -0.15) is 13.2 Å². The monoisotopic (exact) mass is 495 g/mol. The lowest BCUT2D eigenvalue weighted by Crippen LogP contribution is -2.61. The molecule has 4 N–H and O–H groups in total. The van der Waals surface area contributed by atoms with Crippen LogP contribution in [0.3, 0.4) is 0 Å². The Bertz CT molecular complexity index is 1060. The zero-order valence-corrected chi connectivity index (χ0v) is 19.3. The molecule has 1 saturated heterocycles. The number of rotatable bonds is 6. The van der Waals surface area contributed by atoms with E-state index in [0.717, 1.165) is 12.4 Å². The summed E-state index contributed by atoms with van der Waals surface area (Å²) >= 11 is 6.32. The number of alkyl halides is 3. The first-order chi connectivity index (χ1) is 16.1. The van der Waals surface area contributed by atoms with E-state index < -0.39 is 11.9 Å². The molecule has 0 aromatic carbocycles. The lowest BCUT2D eigenvalue weighted by molar-refractivity contribution is -0.0934. The van der Waals surface area contributed by atoms with Crippen molar-refractivity contribution in [3.63, 3.8) is 0 Å². The molecule has 1 aromatic rings. The van der Waals surface area contributed by atoms with E-state index in [-0.39, 0.29) is 41.3 Å². The van der Waals surface area contributed by atoms with Gasteiger partial charge in [0.25, 0.3) is 0 Å². The van der Waals surface area contributed by atoms with Gasteiger partial charge in [-0.05, 0) is 20.6 Å². The summed E-state index contributed by atoms with van der Waals surface area (Å²) in [4.78, 5) is 19.3. The number of nitrogens with zero attached hydrogens (tertiary/aromatic N) is 6. The maximum Gasteiger partial charge on any atom is 0.434 e. The van der Waals surface area contributed by atoms with E-state index in [1.165, 1.54) is 23.5 Å². The smallest absolute Gasteiger partial charge is 0.404 e. The molecule has 3 heterocycles. The predicted molar refractivity (Wildman–Crippen MR) is 128 cm³/mol. The predicted octanol–water partition coefficient (Wildman–Crippen LogP) is 2.97. The normalized spacial score (nSPS) is 24.2. The van der Waals surface area contributed by atoms with Crippen molar-refractivity contribution in [2.75, 3.05) is 18.0 Å². The number of nitrogens with two attached hydrogens (primary N) is 1. The second-order valence-electron chi connectivity index (χ2n) is 7.79. The fourth-order valence-electron chi connectivity index (χ4n) is 3.85. The molecule has 3 unspecified atom stereocenters. The van der Waals surface area contributed by atoms with E-state index in [0.29, 0.717) is 17.9 Å². The van der Waals surface area contributed by atoms with Gasteiger partial charge in [0.05, 0.1) is 18.8 Å². The van der Waals surface area contributed by atoms with Crippen molar-refractivity contribution in [3.8, 4) is 0 Å². The first-order valence-corrected chi connectivity index (χ1v) is 10.7. The van der Waals surface area contributed by atoms with Gasteiger partial charge in [-0.3, -0.25) is 9.98 Å². The molecule has 0 amide bonds. The lowest BCUT2D eigenvalue weighted by atomic mass is 9.96. The minimum atomic E-state index is -4.62. The van der Waals surface area contributed by atoms with Crippen molar-refractivity contribution < 1.29 is 13.2 Å². The van der Waals surface area contributed by atoms with E-state index in [9.17, 15) is 13.2 Å². The van der Waals surface area contributed by atoms with Crippen LogP contribution in [0.2, 0.25) is 5.15 Å². The van der Waals surface area contributed by atoms with E-state index in [1.54, 1.807) is 6.07 Å². The molecule has 0 radical (unpaired) electrons. The summed E-state index contributed by atoms with van der Waals surface area (Å²) in [6.07, 6.45) is 1.25. The Balaban J connectivity index is 2.03. The van der Waals surface area contributed by atoms with Crippen LogP contribution >= 0.6 is 11.6 Å². The maximum absolute atomic E-state index is 13.2. The van der Waals surface area contributed by atoms with E-state index in [1.807, 2.05) is 18.7 Å². The third-order valence-electron chi connectivity index (χ3n) is 5.43. The van der Waals surface area contributed by atoms with Gasteiger partial charge in [0.1, 0.15) is 16.7 Å². The average molecular weight is 496 g/mol. The van der Waals surface area contributed by atoms with Crippen LogP contribution in [0, 0.1) is 5.41 Å². The average Bonchev–Trinajstić information content (AvgIpc) is 2.79. The van der Waals surface area contributed by atoms with Gasteiger partial charge in [0, 0.05) is 55.1 Å². The van der Waals surface area contributed by atoms with E-state index in [2.05, 4.69) is 32.0 Å². The molecule has 0 saturated carbocycles. The number of halogens is 4. The number of aliphatic imine (C=N–C) groups is 2. The molecule has 13 heteroatoms.